The fraction of sp³-hybridized carbons (Fsp3) is 0.820. The van der Waals surface area contributed by atoms with E-state index in [1.54, 1.807) is 19.9 Å². The normalized spacial score (nSPS) is 20.3. The minimum absolute atomic E-state index is 0.0306. The summed E-state index contributed by atoms with van der Waals surface area (Å²) in [4.78, 5) is 41.9. The summed E-state index contributed by atoms with van der Waals surface area (Å²) in [7, 11) is 0. The zero-order chi connectivity index (χ0) is 53.7. The Labute approximate surface area is 447 Å². The van der Waals surface area contributed by atoms with Crippen LogP contribution in [-0.2, 0) is 54.1 Å². The Balaban J connectivity index is 1.78. The lowest BCUT2D eigenvalue weighted by atomic mass is 9.94. The summed E-state index contributed by atoms with van der Waals surface area (Å²) in [6, 6.07) is 8.80. The van der Waals surface area contributed by atoms with E-state index in [2.05, 4.69) is 32.7 Å². The van der Waals surface area contributed by atoms with E-state index in [0.29, 0.717) is 25.9 Å². The molecule has 0 bridgehead atoms. The van der Waals surface area contributed by atoms with Gasteiger partial charge in [-0.05, 0) is 45.1 Å². The molecule has 0 unspecified atom stereocenters. The van der Waals surface area contributed by atoms with Gasteiger partial charge in [0.25, 0.3) is 0 Å². The molecular formula is C61H103F2NO10. The molecule has 0 aliphatic carbocycles. The summed E-state index contributed by atoms with van der Waals surface area (Å²) in [5.41, 5.74) is 1.00. The number of unbranched alkanes of at least 4 members (excludes halogenated alkanes) is 25. The summed E-state index contributed by atoms with van der Waals surface area (Å²) in [6.07, 6.45) is 25.6. The molecular weight excluding hydrogens is 945 g/mol. The smallest absolute Gasteiger partial charge is 0.377 e. The van der Waals surface area contributed by atoms with Gasteiger partial charge >= 0.3 is 17.9 Å². The molecule has 0 radical (unpaired) electrons. The first-order chi connectivity index (χ1) is 35.8. The second-order valence-corrected chi connectivity index (χ2v) is 21.7. The Kier molecular flexibility index (Phi) is 34.8. The number of carbonyl (C=O) groups excluding carboxylic acids is 3. The van der Waals surface area contributed by atoms with Crippen molar-refractivity contribution >= 4 is 17.8 Å². The van der Waals surface area contributed by atoms with Crippen molar-refractivity contribution in [1.29, 1.82) is 0 Å². The maximum atomic E-state index is 15.5. The first-order valence-electron chi connectivity index (χ1n) is 29.7. The van der Waals surface area contributed by atoms with Gasteiger partial charge in [-0.25, -0.2) is 4.79 Å². The Morgan fingerprint density at radius 2 is 1.22 bits per heavy atom. The molecule has 2 aliphatic rings. The monoisotopic (exact) mass is 1050 g/mol. The molecule has 1 N–H and O–H groups in total. The number of alkyl halides is 2. The summed E-state index contributed by atoms with van der Waals surface area (Å²) in [6.45, 7) is 14.4. The van der Waals surface area contributed by atoms with Crippen molar-refractivity contribution in [1.82, 2.24) is 5.32 Å². The van der Waals surface area contributed by atoms with Crippen molar-refractivity contribution in [3.05, 3.63) is 48.6 Å². The van der Waals surface area contributed by atoms with E-state index in [0.717, 1.165) is 76.2 Å². The van der Waals surface area contributed by atoms with Crippen LogP contribution in [0.3, 0.4) is 0 Å². The third-order valence-corrected chi connectivity index (χ3v) is 14.4. The lowest BCUT2D eigenvalue weighted by Crippen LogP contribution is -2.69. The number of fused-ring (bicyclic) bond motifs is 1. The zero-order valence-corrected chi connectivity index (χ0v) is 47.0. The number of amides is 1. The number of hydrogen-bond donors (Lipinski definition) is 1. The number of rotatable bonds is 45. The van der Waals surface area contributed by atoms with E-state index < -0.39 is 79.3 Å². The maximum Gasteiger partial charge on any atom is 0.377 e. The number of esters is 2. The molecule has 0 spiro atoms. The van der Waals surface area contributed by atoms with Gasteiger partial charge in [0.2, 0.25) is 5.91 Å². The van der Waals surface area contributed by atoms with Crippen molar-refractivity contribution in [2.24, 2.45) is 0 Å². The molecule has 1 aromatic carbocycles. The van der Waals surface area contributed by atoms with E-state index in [-0.39, 0.29) is 38.4 Å². The van der Waals surface area contributed by atoms with Crippen molar-refractivity contribution in [2.75, 3.05) is 13.2 Å². The lowest BCUT2D eigenvalue weighted by Gasteiger charge is -2.50. The highest BCUT2D eigenvalue weighted by Gasteiger charge is 2.54. The Morgan fingerprint density at radius 1 is 0.716 bits per heavy atom. The van der Waals surface area contributed by atoms with Gasteiger partial charge < -0.3 is 38.5 Å². The highest BCUT2D eigenvalue weighted by atomic mass is 19.3. The first kappa shape index (κ1) is 65.3. The molecule has 13 heteroatoms. The molecule has 74 heavy (non-hydrogen) atoms. The van der Waals surface area contributed by atoms with Crippen LogP contribution in [0, 0.1) is 0 Å². The van der Waals surface area contributed by atoms with Gasteiger partial charge in [-0.2, -0.15) is 8.78 Å². The fourth-order valence-electron chi connectivity index (χ4n) is 10.0. The summed E-state index contributed by atoms with van der Waals surface area (Å²) >= 11 is 0. The van der Waals surface area contributed by atoms with Gasteiger partial charge in [0.05, 0.1) is 38.8 Å². The fourth-order valence-corrected chi connectivity index (χ4v) is 10.0. The molecule has 1 aromatic rings. The SMILES string of the molecule is C=CCO[C@@H]1O[C@@H]2COC(C)(C)O[C@H]2[C@H](OC(=O)C[C@@H](CCCCCCCCCCC)OC(=O)C(F)(F)CCCCCCCCCCCC)[C@H]1NC(=O)C[C@@H](CCCCCCCCCCC)OCc1ccccc1. The lowest BCUT2D eigenvalue weighted by molar-refractivity contribution is -0.368. The van der Waals surface area contributed by atoms with Crippen molar-refractivity contribution < 1.29 is 56.3 Å². The largest absolute Gasteiger partial charge is 0.457 e. The van der Waals surface area contributed by atoms with Gasteiger partial charge in [0, 0.05) is 6.42 Å². The minimum atomic E-state index is -3.70. The molecule has 2 saturated heterocycles. The summed E-state index contributed by atoms with van der Waals surface area (Å²) in [5, 5.41) is 3.09. The van der Waals surface area contributed by atoms with E-state index in [4.69, 9.17) is 33.2 Å². The maximum absolute atomic E-state index is 15.5. The number of carbonyl (C=O) groups is 3. The Bertz CT molecular complexity index is 1620. The van der Waals surface area contributed by atoms with Gasteiger partial charge in [-0.1, -0.05) is 224 Å². The second kappa shape index (κ2) is 39.4. The molecule has 2 fully saturated rings. The average Bonchev–Trinajstić information content (AvgIpc) is 3.37. The topological polar surface area (TPSA) is 128 Å². The molecule has 426 valence electrons. The third-order valence-electron chi connectivity index (χ3n) is 14.4. The van der Waals surface area contributed by atoms with E-state index >= 15 is 8.78 Å². The van der Waals surface area contributed by atoms with Crippen LogP contribution >= 0.6 is 0 Å². The summed E-state index contributed by atoms with van der Waals surface area (Å²) in [5.74, 6) is -7.55. The molecule has 2 aliphatic heterocycles. The van der Waals surface area contributed by atoms with Crippen LogP contribution in [0.15, 0.2) is 43.0 Å². The van der Waals surface area contributed by atoms with Crippen molar-refractivity contribution in [3.8, 4) is 0 Å². The molecule has 7 atom stereocenters. The van der Waals surface area contributed by atoms with Crippen LogP contribution in [0.5, 0.6) is 0 Å². The van der Waals surface area contributed by atoms with Gasteiger partial charge in [-0.15, -0.1) is 6.58 Å². The van der Waals surface area contributed by atoms with Gasteiger partial charge in [-0.3, -0.25) is 9.59 Å². The van der Waals surface area contributed by atoms with E-state index in [1.807, 2.05) is 30.3 Å². The predicted octanol–water partition coefficient (Wildman–Crippen LogP) is 15.5. The highest BCUT2D eigenvalue weighted by molar-refractivity contribution is 5.78. The third kappa shape index (κ3) is 28.4. The molecule has 1 amide bonds. The second-order valence-electron chi connectivity index (χ2n) is 21.7. The average molecular weight is 1050 g/mol. The van der Waals surface area contributed by atoms with E-state index in [1.165, 1.54) is 89.9 Å². The Hall–Kier alpha value is -2.97. The van der Waals surface area contributed by atoms with Gasteiger partial charge in [0.1, 0.15) is 24.4 Å². The molecule has 3 rings (SSSR count). The van der Waals surface area contributed by atoms with Crippen LogP contribution in [0.1, 0.15) is 252 Å². The molecule has 0 saturated carbocycles. The molecule has 0 aromatic heterocycles. The highest BCUT2D eigenvalue weighted by Crippen LogP contribution is 2.35. The van der Waals surface area contributed by atoms with Crippen LogP contribution in [0.4, 0.5) is 8.78 Å². The number of benzene rings is 1. The van der Waals surface area contributed by atoms with E-state index in [9.17, 15) is 14.4 Å². The number of halogens is 2. The first-order valence-corrected chi connectivity index (χ1v) is 29.7. The minimum Gasteiger partial charge on any atom is -0.457 e. The van der Waals surface area contributed by atoms with Crippen LogP contribution in [0.2, 0.25) is 0 Å². The Morgan fingerprint density at radius 3 is 1.74 bits per heavy atom. The predicted molar refractivity (Wildman–Crippen MR) is 291 cm³/mol. The molecule has 2 heterocycles. The quantitative estimate of drug-likeness (QED) is 0.0383. The number of nitrogens with one attached hydrogen (secondary N) is 1. The van der Waals surface area contributed by atoms with Crippen LogP contribution in [-0.4, -0.2) is 85.6 Å². The number of ether oxygens (including phenoxy) is 7. The summed E-state index contributed by atoms with van der Waals surface area (Å²) < 4.78 is 74.3. The van der Waals surface area contributed by atoms with Crippen molar-refractivity contribution in [3.63, 3.8) is 0 Å². The van der Waals surface area contributed by atoms with Gasteiger partial charge in [0.15, 0.2) is 18.2 Å². The zero-order valence-electron chi connectivity index (χ0n) is 47.0. The molecule has 11 nitrogen and oxygen atoms in total. The van der Waals surface area contributed by atoms with Crippen molar-refractivity contribution in [2.45, 2.75) is 308 Å². The van der Waals surface area contributed by atoms with Crippen LogP contribution < -0.4 is 5.32 Å². The standard InChI is InChI=1S/C61H103F2NO10/c1-7-11-14-17-20-23-26-29-32-38-43-61(62,63)59(67)71-51(42-37-31-28-25-22-19-16-13-9-3)46-54(66)73-57-55(58(68-44-10-4)72-52-48-70-60(5,6)74-56(52)57)64-53(65)45-50(69-47-49-39-34-33-35-40-49)41-36-30-27-24-21-18-15-12-8-2/h10,33-35,39-40,50-52,55-58H,4,7-9,11-32,36-38,41-48H2,1-3,5-6H3,(H,64,65)/t50-,51-,52-,55-,56-,57-,58-/m1/s1. The number of hydrogen-bond acceptors (Lipinski definition) is 10. The van der Waals surface area contributed by atoms with Crippen LogP contribution in [0.25, 0.3) is 0 Å².